The van der Waals surface area contributed by atoms with Gasteiger partial charge in [-0.1, -0.05) is 54.2 Å². The van der Waals surface area contributed by atoms with E-state index in [1.165, 1.54) is 23.9 Å². The minimum Gasteiger partial charge on any atom is -0.349 e. The Labute approximate surface area is 202 Å². The van der Waals surface area contributed by atoms with E-state index in [0.29, 0.717) is 11.0 Å². The van der Waals surface area contributed by atoms with E-state index in [2.05, 4.69) is 20.6 Å². The number of rotatable bonds is 8. The lowest BCUT2D eigenvalue weighted by Gasteiger charge is -2.15. The molecule has 0 spiro atoms. The van der Waals surface area contributed by atoms with Crippen LogP contribution in [0.2, 0.25) is 0 Å². The number of nitrogens with one attached hydrogen (secondary N) is 2. The van der Waals surface area contributed by atoms with E-state index < -0.39 is 10.0 Å². The van der Waals surface area contributed by atoms with Gasteiger partial charge in [0.25, 0.3) is 0 Å². The zero-order valence-electron chi connectivity index (χ0n) is 18.3. The number of sulfonamides is 1. The summed E-state index contributed by atoms with van der Waals surface area (Å²) in [7, 11) is -3.76. The van der Waals surface area contributed by atoms with Crippen LogP contribution in [-0.4, -0.2) is 30.0 Å². The highest BCUT2D eigenvalue weighted by atomic mass is 32.2. The second-order valence-corrected chi connectivity index (χ2v) is 10.1. The molecule has 4 N–H and O–H groups in total. The van der Waals surface area contributed by atoms with Crippen molar-refractivity contribution in [2.75, 3.05) is 11.1 Å². The molecule has 0 saturated heterocycles. The van der Waals surface area contributed by atoms with Crippen LogP contribution in [0.3, 0.4) is 0 Å². The molecule has 0 radical (unpaired) electrons. The molecule has 0 saturated carbocycles. The van der Waals surface area contributed by atoms with Gasteiger partial charge in [0.2, 0.25) is 15.9 Å². The van der Waals surface area contributed by atoms with Gasteiger partial charge in [0.05, 0.1) is 22.2 Å². The number of nitrogens with two attached hydrogens (primary N) is 1. The van der Waals surface area contributed by atoms with Gasteiger partial charge in [0.15, 0.2) is 5.16 Å². The maximum atomic E-state index is 12.5. The Bertz CT molecular complexity index is 1410. The van der Waals surface area contributed by atoms with E-state index in [4.69, 9.17) is 5.14 Å². The van der Waals surface area contributed by atoms with Gasteiger partial charge >= 0.3 is 0 Å². The number of amides is 1. The Kier molecular flexibility index (Phi) is 7.11. The first-order valence-electron chi connectivity index (χ1n) is 10.4. The molecule has 10 heteroatoms. The smallest absolute Gasteiger partial charge is 0.238 e. The predicted molar refractivity (Wildman–Crippen MR) is 134 cm³/mol. The molecule has 1 aromatic heterocycles. The molecule has 0 bridgehead atoms. The minimum atomic E-state index is -3.76. The molecule has 1 heterocycles. The summed E-state index contributed by atoms with van der Waals surface area (Å²) in [6, 6.07) is 23.2. The second-order valence-electron chi connectivity index (χ2n) is 7.55. The molecular formula is C24H23N5O3S2. The van der Waals surface area contributed by atoms with E-state index in [9.17, 15) is 13.2 Å². The Morgan fingerprint density at radius 3 is 2.35 bits per heavy atom. The van der Waals surface area contributed by atoms with Crippen LogP contribution in [-0.2, 0) is 14.8 Å². The number of carbonyl (C=O) groups is 1. The highest BCUT2D eigenvalue weighted by molar-refractivity contribution is 7.99. The standard InChI is InChI=1S/C24H23N5O3S2/c1-16(17-11-13-19(14-12-17)34(25,31)32)26-22(30)15-33-24-28-21-10-6-5-9-20(21)23(29-24)27-18-7-3-2-4-8-18/h2-14,16H,15H2,1H3,(H,26,30)(H2,25,31,32)(H,27,28,29). The Hall–Kier alpha value is -3.47. The van der Waals surface area contributed by atoms with Gasteiger partial charge in [0.1, 0.15) is 5.82 Å². The van der Waals surface area contributed by atoms with Crippen molar-refractivity contribution in [3.63, 3.8) is 0 Å². The minimum absolute atomic E-state index is 0.0266. The molecule has 1 unspecified atom stereocenters. The summed E-state index contributed by atoms with van der Waals surface area (Å²) in [6.07, 6.45) is 0. The third-order valence-electron chi connectivity index (χ3n) is 5.04. The summed E-state index contributed by atoms with van der Waals surface area (Å²) in [5, 5.41) is 12.7. The third-order valence-corrected chi connectivity index (χ3v) is 6.81. The molecule has 34 heavy (non-hydrogen) atoms. The maximum Gasteiger partial charge on any atom is 0.238 e. The number of aromatic nitrogens is 2. The lowest BCUT2D eigenvalue weighted by molar-refractivity contribution is -0.119. The fourth-order valence-electron chi connectivity index (χ4n) is 3.32. The molecule has 0 aliphatic carbocycles. The van der Waals surface area contributed by atoms with Gasteiger partial charge in [-0.3, -0.25) is 4.79 Å². The van der Waals surface area contributed by atoms with Crippen LogP contribution in [0.25, 0.3) is 10.9 Å². The van der Waals surface area contributed by atoms with Crippen LogP contribution in [0.4, 0.5) is 11.5 Å². The maximum absolute atomic E-state index is 12.5. The summed E-state index contributed by atoms with van der Waals surface area (Å²) < 4.78 is 22.8. The number of para-hydroxylation sites is 2. The summed E-state index contributed by atoms with van der Waals surface area (Å²) in [5.74, 6) is 0.605. The van der Waals surface area contributed by atoms with Crippen molar-refractivity contribution in [2.45, 2.75) is 23.0 Å². The lowest BCUT2D eigenvalue weighted by Crippen LogP contribution is -2.28. The van der Waals surface area contributed by atoms with Gasteiger partial charge in [-0.25, -0.2) is 23.5 Å². The highest BCUT2D eigenvalue weighted by Crippen LogP contribution is 2.27. The first-order valence-corrected chi connectivity index (χ1v) is 13.0. The summed E-state index contributed by atoms with van der Waals surface area (Å²) >= 11 is 1.24. The van der Waals surface area contributed by atoms with E-state index in [0.717, 1.165) is 22.2 Å². The summed E-state index contributed by atoms with van der Waals surface area (Å²) in [5.41, 5.74) is 2.45. The SMILES string of the molecule is CC(NC(=O)CSc1nc(Nc2ccccc2)c2ccccc2n1)c1ccc(S(N)(=O)=O)cc1. The van der Waals surface area contributed by atoms with Crippen LogP contribution in [0.5, 0.6) is 0 Å². The number of carbonyl (C=O) groups excluding carboxylic acids is 1. The van der Waals surface area contributed by atoms with Crippen molar-refractivity contribution in [1.29, 1.82) is 0 Å². The molecular weight excluding hydrogens is 470 g/mol. The Morgan fingerprint density at radius 1 is 0.971 bits per heavy atom. The molecule has 3 aromatic carbocycles. The van der Waals surface area contributed by atoms with Crippen molar-refractivity contribution >= 4 is 50.1 Å². The zero-order valence-corrected chi connectivity index (χ0v) is 19.9. The monoisotopic (exact) mass is 493 g/mol. The predicted octanol–water partition coefficient (Wildman–Crippen LogP) is 3.99. The lowest BCUT2D eigenvalue weighted by atomic mass is 10.1. The Morgan fingerprint density at radius 2 is 1.65 bits per heavy atom. The first-order chi connectivity index (χ1) is 16.3. The average molecular weight is 494 g/mol. The molecule has 4 rings (SSSR count). The highest BCUT2D eigenvalue weighted by Gasteiger charge is 2.14. The van der Waals surface area contributed by atoms with Crippen molar-refractivity contribution in [3.8, 4) is 0 Å². The number of anilines is 2. The van der Waals surface area contributed by atoms with Gasteiger partial charge in [-0.2, -0.15) is 0 Å². The number of thioether (sulfide) groups is 1. The molecule has 8 nitrogen and oxygen atoms in total. The number of primary sulfonamides is 1. The van der Waals surface area contributed by atoms with Gasteiger partial charge in [0, 0.05) is 11.1 Å². The normalized spacial score (nSPS) is 12.3. The topological polar surface area (TPSA) is 127 Å². The molecule has 174 valence electrons. The number of fused-ring (bicyclic) bond motifs is 1. The summed E-state index contributed by atoms with van der Waals surface area (Å²) in [6.45, 7) is 1.82. The molecule has 0 fully saturated rings. The van der Waals surface area contributed by atoms with E-state index in [-0.39, 0.29) is 22.6 Å². The molecule has 1 amide bonds. The molecule has 0 aliphatic rings. The van der Waals surface area contributed by atoms with E-state index in [1.54, 1.807) is 12.1 Å². The van der Waals surface area contributed by atoms with Crippen molar-refractivity contribution in [2.24, 2.45) is 5.14 Å². The second kappa shape index (κ2) is 10.2. The van der Waals surface area contributed by atoms with Crippen LogP contribution < -0.4 is 15.8 Å². The third kappa shape index (κ3) is 5.90. The van der Waals surface area contributed by atoms with Crippen LogP contribution in [0.15, 0.2) is 88.9 Å². The summed E-state index contributed by atoms with van der Waals surface area (Å²) in [4.78, 5) is 21.8. The molecule has 4 aromatic rings. The van der Waals surface area contributed by atoms with Crippen molar-refractivity contribution < 1.29 is 13.2 Å². The van der Waals surface area contributed by atoms with E-state index in [1.807, 2.05) is 61.5 Å². The number of benzene rings is 3. The fourth-order valence-corrected chi connectivity index (χ4v) is 4.49. The molecule has 1 atom stereocenters. The fraction of sp³-hybridized carbons (Fsp3) is 0.125. The zero-order chi connectivity index (χ0) is 24.1. The average Bonchev–Trinajstić information content (AvgIpc) is 2.83. The largest absolute Gasteiger partial charge is 0.349 e. The van der Waals surface area contributed by atoms with Gasteiger partial charge in [-0.05, 0) is 48.9 Å². The quantitative estimate of drug-likeness (QED) is 0.250. The van der Waals surface area contributed by atoms with E-state index >= 15 is 0 Å². The van der Waals surface area contributed by atoms with Crippen molar-refractivity contribution in [1.82, 2.24) is 15.3 Å². The first kappa shape index (κ1) is 23.7. The molecule has 0 aliphatic heterocycles. The van der Waals surface area contributed by atoms with Crippen molar-refractivity contribution in [3.05, 3.63) is 84.4 Å². The van der Waals surface area contributed by atoms with Crippen LogP contribution in [0, 0.1) is 0 Å². The number of nitrogens with zero attached hydrogens (tertiary/aromatic N) is 2. The Balaban J connectivity index is 1.44. The van der Waals surface area contributed by atoms with Gasteiger partial charge < -0.3 is 10.6 Å². The van der Waals surface area contributed by atoms with Crippen LogP contribution in [0.1, 0.15) is 18.5 Å². The number of hydrogen-bond donors (Lipinski definition) is 3. The van der Waals surface area contributed by atoms with Gasteiger partial charge in [-0.15, -0.1) is 0 Å². The number of hydrogen-bond acceptors (Lipinski definition) is 7. The van der Waals surface area contributed by atoms with Crippen LogP contribution >= 0.6 is 11.8 Å².